The summed E-state index contributed by atoms with van der Waals surface area (Å²) < 4.78 is 8.42. The second-order valence-corrected chi connectivity index (χ2v) is 11.4. The van der Waals surface area contributed by atoms with Crippen molar-refractivity contribution in [1.29, 1.82) is 0 Å². The van der Waals surface area contributed by atoms with Crippen molar-refractivity contribution in [1.82, 2.24) is 19.5 Å². The third-order valence-electron chi connectivity index (χ3n) is 8.48. The molecule has 0 radical (unpaired) electrons. The predicted octanol–water partition coefficient (Wildman–Crippen LogP) is 3.10. The van der Waals surface area contributed by atoms with Crippen molar-refractivity contribution in [3.8, 4) is 0 Å². The number of carbonyl (C=O) groups is 1. The average molecular weight is 626 g/mol. The van der Waals surface area contributed by atoms with Gasteiger partial charge in [0.1, 0.15) is 24.9 Å². The number of aromatic nitrogens is 4. The minimum atomic E-state index is -1.97. The molecule has 0 saturated carbocycles. The van der Waals surface area contributed by atoms with Gasteiger partial charge in [-0.1, -0.05) is 105 Å². The highest BCUT2D eigenvalue weighted by Crippen LogP contribution is 2.57. The first-order valence-corrected chi connectivity index (χ1v) is 14.9. The molecule has 3 aromatic carbocycles. The van der Waals surface area contributed by atoms with Crippen LogP contribution in [0.3, 0.4) is 0 Å². The smallest absolute Gasteiger partial charge is 0.280 e. The van der Waals surface area contributed by atoms with Crippen LogP contribution in [-0.2, 0) is 30.4 Å². The summed E-state index contributed by atoms with van der Waals surface area (Å²) in [7, 11) is 1.33. The van der Waals surface area contributed by atoms with Gasteiger partial charge in [-0.05, 0) is 16.7 Å². The molecule has 3 heterocycles. The number of amides is 1. The predicted molar refractivity (Wildman–Crippen MR) is 169 cm³/mol. The van der Waals surface area contributed by atoms with Crippen LogP contribution in [0.1, 0.15) is 30.5 Å². The van der Waals surface area contributed by atoms with E-state index in [0.29, 0.717) is 16.7 Å². The second kappa shape index (κ2) is 12.6. The Bertz CT molecular complexity index is 1770. The van der Waals surface area contributed by atoms with Crippen molar-refractivity contribution >= 4 is 23.0 Å². The number of aromatic amines is 1. The van der Waals surface area contributed by atoms with Gasteiger partial charge in [-0.3, -0.25) is 24.5 Å². The molecule has 0 spiro atoms. The second-order valence-electron chi connectivity index (χ2n) is 11.4. The summed E-state index contributed by atoms with van der Waals surface area (Å²) >= 11 is 0. The lowest BCUT2D eigenvalue weighted by Crippen LogP contribution is -2.61. The molecule has 1 aliphatic rings. The summed E-state index contributed by atoms with van der Waals surface area (Å²) in [5.74, 6) is -0.860. The van der Waals surface area contributed by atoms with Crippen LogP contribution < -0.4 is 10.9 Å². The fourth-order valence-electron chi connectivity index (χ4n) is 6.42. The first-order chi connectivity index (χ1) is 22.3. The molecule has 1 aliphatic heterocycles. The minimum Gasteiger partial charge on any atom is -0.387 e. The number of carbonyl (C=O) groups excluding carboxylic acids is 1. The van der Waals surface area contributed by atoms with E-state index in [1.807, 2.05) is 91.0 Å². The van der Waals surface area contributed by atoms with Crippen molar-refractivity contribution < 1.29 is 29.5 Å². The Morgan fingerprint density at radius 2 is 1.54 bits per heavy atom. The zero-order valence-corrected chi connectivity index (χ0v) is 25.5. The number of ether oxygens (including phenoxy) is 1. The van der Waals surface area contributed by atoms with Crippen molar-refractivity contribution in [2.75, 3.05) is 19.0 Å². The Morgan fingerprint density at radius 3 is 2.04 bits per heavy atom. The lowest BCUT2D eigenvalue weighted by atomic mass is 9.60. The van der Waals surface area contributed by atoms with Crippen molar-refractivity contribution in [3.05, 3.63) is 124 Å². The average Bonchev–Trinajstić information content (AvgIpc) is 3.61. The molecule has 2 aromatic heterocycles. The van der Waals surface area contributed by atoms with E-state index in [0.717, 1.165) is 0 Å². The number of fused-ring (bicyclic) bond motifs is 1. The summed E-state index contributed by atoms with van der Waals surface area (Å²) in [5.41, 5.74) is -1.95. The molecule has 12 nitrogen and oxygen atoms in total. The zero-order valence-electron chi connectivity index (χ0n) is 25.5. The van der Waals surface area contributed by atoms with Crippen LogP contribution in [0, 0.1) is 5.92 Å². The molecular formula is C34H35N5O7. The Hall–Kier alpha value is -4.72. The molecule has 0 unspecified atom stereocenters. The van der Waals surface area contributed by atoms with Gasteiger partial charge in [0.05, 0.1) is 18.9 Å². The van der Waals surface area contributed by atoms with Gasteiger partial charge in [-0.15, -0.1) is 0 Å². The van der Waals surface area contributed by atoms with Gasteiger partial charge in [-0.2, -0.15) is 4.98 Å². The van der Waals surface area contributed by atoms with Gasteiger partial charge in [0.25, 0.3) is 5.56 Å². The molecule has 5 aromatic rings. The van der Waals surface area contributed by atoms with Crippen LogP contribution in [0.25, 0.3) is 11.2 Å². The molecule has 0 aliphatic carbocycles. The Morgan fingerprint density at radius 1 is 1.00 bits per heavy atom. The Kier molecular flexibility index (Phi) is 8.55. The molecule has 238 valence electrons. The molecule has 6 rings (SSSR count). The molecule has 1 fully saturated rings. The van der Waals surface area contributed by atoms with Crippen molar-refractivity contribution in [2.24, 2.45) is 5.92 Å². The van der Waals surface area contributed by atoms with Crippen LogP contribution >= 0.6 is 0 Å². The summed E-state index contributed by atoms with van der Waals surface area (Å²) in [4.78, 5) is 47.7. The standard InChI is InChI=1S/C34H35N5O7/c1-21(2)30(42)37-32-36-29-26(31(43)38-32)35-20-39(29)34(28(41)27(40)25(46-34)19-45-44-3)33(22-13-7-4-8-14-22,23-15-9-5-10-16-23)24-17-11-6-12-18-24/h4-18,20-21,25,27-28,40-41H,19H2,1-3H3,(H2,36,37,38,42,43)/t25-,27-,28-,34+/m1/s1. The van der Waals surface area contributed by atoms with Gasteiger partial charge in [0, 0.05) is 5.92 Å². The highest BCUT2D eigenvalue weighted by molar-refractivity contribution is 5.91. The van der Waals surface area contributed by atoms with Crippen LogP contribution in [0.15, 0.2) is 102 Å². The van der Waals surface area contributed by atoms with Gasteiger partial charge in [-0.25, -0.2) is 14.8 Å². The van der Waals surface area contributed by atoms with E-state index >= 15 is 0 Å². The Balaban J connectivity index is 1.77. The van der Waals surface area contributed by atoms with E-state index in [9.17, 15) is 19.8 Å². The summed E-state index contributed by atoms with van der Waals surface area (Å²) in [6.07, 6.45) is -2.90. The number of aliphatic hydroxyl groups excluding tert-OH is 2. The lowest BCUT2D eigenvalue weighted by molar-refractivity contribution is -0.295. The maximum Gasteiger partial charge on any atom is 0.280 e. The summed E-state index contributed by atoms with van der Waals surface area (Å²) in [5, 5.41) is 26.8. The molecule has 1 saturated heterocycles. The number of benzene rings is 3. The number of anilines is 1. The largest absolute Gasteiger partial charge is 0.387 e. The van der Waals surface area contributed by atoms with Gasteiger partial charge in [0.15, 0.2) is 16.9 Å². The first-order valence-electron chi connectivity index (χ1n) is 14.9. The Labute approximate surface area is 264 Å². The monoisotopic (exact) mass is 625 g/mol. The SMILES string of the molecule is COOC[C@H]1O[C@](n2cnc3c(=O)[nH]c(NC(=O)C(C)C)nc32)(C(c2ccccc2)(c2ccccc2)c2ccccc2)[C@H](O)[C@@H]1O. The van der Waals surface area contributed by atoms with Gasteiger partial charge >= 0.3 is 0 Å². The molecule has 46 heavy (non-hydrogen) atoms. The van der Waals surface area contributed by atoms with Gasteiger partial charge < -0.3 is 14.9 Å². The summed E-state index contributed by atoms with van der Waals surface area (Å²) in [6.45, 7) is 3.19. The van der Waals surface area contributed by atoms with E-state index in [2.05, 4.69) is 20.3 Å². The van der Waals surface area contributed by atoms with E-state index < -0.39 is 40.9 Å². The fourth-order valence-corrected chi connectivity index (χ4v) is 6.42. The zero-order chi connectivity index (χ0) is 32.5. The van der Waals surface area contributed by atoms with Gasteiger partial charge in [0.2, 0.25) is 11.9 Å². The van der Waals surface area contributed by atoms with E-state index in [1.165, 1.54) is 18.0 Å². The van der Waals surface area contributed by atoms with E-state index in [4.69, 9.17) is 14.5 Å². The number of H-pyrrole nitrogens is 1. The molecule has 4 atom stereocenters. The van der Waals surface area contributed by atoms with E-state index in [-0.39, 0.29) is 29.6 Å². The molecule has 12 heteroatoms. The normalized spacial score (nSPS) is 21.6. The number of aliphatic hydroxyl groups is 2. The number of hydrogen-bond acceptors (Lipinski definition) is 9. The first kappa shape index (κ1) is 31.3. The topological polar surface area (TPSA) is 161 Å². The van der Waals surface area contributed by atoms with E-state index in [1.54, 1.807) is 13.8 Å². The van der Waals surface area contributed by atoms with Crippen LogP contribution in [-0.4, -0.2) is 67.7 Å². The highest BCUT2D eigenvalue weighted by Gasteiger charge is 2.68. The molecular weight excluding hydrogens is 590 g/mol. The molecule has 4 N–H and O–H groups in total. The molecule has 0 bridgehead atoms. The third kappa shape index (κ3) is 4.91. The lowest BCUT2D eigenvalue weighted by Gasteiger charge is -2.51. The third-order valence-corrected chi connectivity index (χ3v) is 8.48. The maximum atomic E-state index is 13.4. The molecule has 1 amide bonds. The van der Waals surface area contributed by atoms with Crippen LogP contribution in [0.5, 0.6) is 0 Å². The van der Waals surface area contributed by atoms with Crippen LogP contribution in [0.4, 0.5) is 5.95 Å². The maximum absolute atomic E-state index is 13.4. The number of imidazole rings is 1. The van der Waals surface area contributed by atoms with Crippen molar-refractivity contribution in [3.63, 3.8) is 0 Å². The fraction of sp³-hybridized carbons (Fsp3) is 0.294. The number of nitrogens with zero attached hydrogens (tertiary/aromatic N) is 3. The van der Waals surface area contributed by atoms with Crippen LogP contribution in [0.2, 0.25) is 0 Å². The quantitative estimate of drug-likeness (QED) is 0.104. The number of rotatable bonds is 10. The highest BCUT2D eigenvalue weighted by atomic mass is 17.2. The van der Waals surface area contributed by atoms with Crippen molar-refractivity contribution in [2.45, 2.75) is 43.3 Å². The number of nitrogens with one attached hydrogen (secondary N) is 2. The number of hydrogen-bond donors (Lipinski definition) is 4. The minimum absolute atomic E-state index is 0.00883. The summed E-state index contributed by atoms with van der Waals surface area (Å²) in [6, 6.07) is 28.4.